The van der Waals surface area contributed by atoms with Crippen molar-refractivity contribution in [1.29, 1.82) is 0 Å². The van der Waals surface area contributed by atoms with Crippen molar-refractivity contribution in [3.05, 3.63) is 36.0 Å². The number of carbonyl (C=O) groups is 1. The molecule has 1 aromatic heterocycles. The molecule has 0 amide bonds. The van der Waals surface area contributed by atoms with Crippen molar-refractivity contribution in [2.24, 2.45) is 0 Å². The molecule has 1 aromatic carbocycles. The SMILES string of the molecule is CCC(=O)C(C)(Cc1c[nH]c2ccccc12)NC. The Kier molecular flexibility index (Phi) is 3.53. The van der Waals surface area contributed by atoms with Crippen LogP contribution in [-0.2, 0) is 11.2 Å². The maximum Gasteiger partial charge on any atom is 0.152 e. The molecule has 3 nitrogen and oxygen atoms in total. The number of ketones is 1. The summed E-state index contributed by atoms with van der Waals surface area (Å²) in [6, 6.07) is 8.18. The number of hydrogen-bond acceptors (Lipinski definition) is 2. The van der Waals surface area contributed by atoms with Crippen LogP contribution in [0.1, 0.15) is 25.8 Å². The Morgan fingerprint density at radius 3 is 2.78 bits per heavy atom. The molecule has 0 saturated heterocycles. The van der Waals surface area contributed by atoms with Crippen molar-refractivity contribution in [3.63, 3.8) is 0 Å². The summed E-state index contributed by atoms with van der Waals surface area (Å²) in [7, 11) is 1.85. The van der Waals surface area contributed by atoms with Crippen LogP contribution >= 0.6 is 0 Å². The van der Waals surface area contributed by atoms with Crippen LogP contribution in [0.2, 0.25) is 0 Å². The van der Waals surface area contributed by atoms with Gasteiger partial charge in [-0.1, -0.05) is 25.1 Å². The van der Waals surface area contributed by atoms with Crippen LogP contribution in [-0.4, -0.2) is 23.4 Å². The lowest BCUT2D eigenvalue weighted by atomic mass is 9.87. The largest absolute Gasteiger partial charge is 0.361 e. The summed E-state index contributed by atoms with van der Waals surface area (Å²) >= 11 is 0. The molecule has 0 fully saturated rings. The van der Waals surface area contributed by atoms with Gasteiger partial charge in [-0.3, -0.25) is 4.79 Å². The second kappa shape index (κ2) is 4.94. The van der Waals surface area contributed by atoms with Gasteiger partial charge in [0.2, 0.25) is 0 Å². The summed E-state index contributed by atoms with van der Waals surface area (Å²) < 4.78 is 0. The van der Waals surface area contributed by atoms with Crippen LogP contribution in [0.15, 0.2) is 30.5 Å². The Morgan fingerprint density at radius 1 is 1.39 bits per heavy atom. The number of Topliss-reactive ketones (excluding diaryl/α,β-unsaturated/α-hetero) is 1. The summed E-state index contributed by atoms with van der Waals surface area (Å²) in [4.78, 5) is 15.3. The monoisotopic (exact) mass is 244 g/mol. The van der Waals surface area contributed by atoms with Gasteiger partial charge in [-0.2, -0.15) is 0 Å². The lowest BCUT2D eigenvalue weighted by Gasteiger charge is -2.27. The third-order valence-electron chi connectivity index (χ3n) is 3.71. The van der Waals surface area contributed by atoms with E-state index in [1.54, 1.807) is 0 Å². The van der Waals surface area contributed by atoms with Crippen molar-refractivity contribution >= 4 is 16.7 Å². The van der Waals surface area contributed by atoms with Crippen LogP contribution in [0, 0.1) is 0 Å². The normalized spacial score (nSPS) is 14.6. The van der Waals surface area contributed by atoms with Gasteiger partial charge in [-0.05, 0) is 32.0 Å². The molecule has 0 radical (unpaired) electrons. The van der Waals surface area contributed by atoms with Gasteiger partial charge in [-0.25, -0.2) is 0 Å². The fourth-order valence-electron chi connectivity index (χ4n) is 2.38. The molecule has 0 bridgehead atoms. The van der Waals surface area contributed by atoms with Crippen LogP contribution < -0.4 is 5.32 Å². The lowest BCUT2D eigenvalue weighted by molar-refractivity contribution is -0.124. The zero-order valence-electron chi connectivity index (χ0n) is 11.2. The molecule has 0 aliphatic carbocycles. The average Bonchev–Trinajstić information content (AvgIpc) is 2.81. The van der Waals surface area contributed by atoms with Crippen molar-refractivity contribution in [3.8, 4) is 0 Å². The molecule has 0 saturated carbocycles. The molecule has 18 heavy (non-hydrogen) atoms. The van der Waals surface area contributed by atoms with E-state index in [4.69, 9.17) is 0 Å². The van der Waals surface area contributed by atoms with Gasteiger partial charge in [0.25, 0.3) is 0 Å². The van der Waals surface area contributed by atoms with E-state index in [2.05, 4.69) is 22.4 Å². The highest BCUT2D eigenvalue weighted by Crippen LogP contribution is 2.23. The van der Waals surface area contributed by atoms with E-state index in [-0.39, 0.29) is 5.78 Å². The Balaban J connectivity index is 2.35. The molecule has 1 unspecified atom stereocenters. The minimum atomic E-state index is -0.486. The maximum absolute atomic E-state index is 12.1. The average molecular weight is 244 g/mol. The van der Waals surface area contributed by atoms with E-state index in [1.807, 2.05) is 39.2 Å². The molecule has 0 aliphatic rings. The number of likely N-dealkylation sites (N-methyl/N-ethyl adjacent to an activating group) is 1. The van der Waals surface area contributed by atoms with Gasteiger partial charge in [0, 0.05) is 23.5 Å². The molecule has 2 rings (SSSR count). The third kappa shape index (κ3) is 2.18. The standard InChI is InChI=1S/C15H20N2O/c1-4-14(18)15(2,16-3)9-11-10-17-13-8-6-5-7-12(11)13/h5-8,10,16-17H,4,9H2,1-3H3. The Labute approximate surface area is 108 Å². The highest BCUT2D eigenvalue weighted by atomic mass is 16.1. The fourth-order valence-corrected chi connectivity index (χ4v) is 2.38. The number of nitrogens with one attached hydrogen (secondary N) is 2. The van der Waals surface area contributed by atoms with Crippen molar-refractivity contribution in [2.75, 3.05) is 7.05 Å². The van der Waals surface area contributed by atoms with Gasteiger partial charge >= 0.3 is 0 Å². The number of benzene rings is 1. The first-order valence-electron chi connectivity index (χ1n) is 6.38. The van der Waals surface area contributed by atoms with E-state index < -0.39 is 5.54 Å². The quantitative estimate of drug-likeness (QED) is 0.849. The number of H-pyrrole nitrogens is 1. The van der Waals surface area contributed by atoms with E-state index in [0.717, 1.165) is 5.52 Å². The van der Waals surface area contributed by atoms with Crippen molar-refractivity contribution < 1.29 is 4.79 Å². The number of hydrogen-bond donors (Lipinski definition) is 2. The minimum absolute atomic E-state index is 0.246. The zero-order valence-corrected chi connectivity index (χ0v) is 11.2. The Bertz CT molecular complexity index is 558. The summed E-state index contributed by atoms with van der Waals surface area (Å²) in [5.41, 5.74) is 1.82. The summed E-state index contributed by atoms with van der Waals surface area (Å²) in [6.45, 7) is 3.88. The molecule has 2 aromatic rings. The Hall–Kier alpha value is -1.61. The van der Waals surface area contributed by atoms with E-state index >= 15 is 0 Å². The van der Waals surface area contributed by atoms with Gasteiger partial charge in [0.05, 0.1) is 5.54 Å². The second-order valence-electron chi connectivity index (χ2n) is 4.90. The zero-order chi connectivity index (χ0) is 13.2. The van der Waals surface area contributed by atoms with Crippen LogP contribution in [0.25, 0.3) is 10.9 Å². The topological polar surface area (TPSA) is 44.9 Å². The van der Waals surface area contributed by atoms with Crippen LogP contribution in [0.5, 0.6) is 0 Å². The number of aromatic nitrogens is 1. The van der Waals surface area contributed by atoms with E-state index in [1.165, 1.54) is 10.9 Å². The van der Waals surface area contributed by atoms with Gasteiger partial charge in [0.15, 0.2) is 5.78 Å². The molecular formula is C15H20N2O. The first-order valence-corrected chi connectivity index (χ1v) is 6.38. The van der Waals surface area contributed by atoms with E-state index in [9.17, 15) is 4.79 Å². The third-order valence-corrected chi connectivity index (χ3v) is 3.71. The highest BCUT2D eigenvalue weighted by Gasteiger charge is 2.30. The highest BCUT2D eigenvalue weighted by molar-refractivity contribution is 5.90. The van der Waals surface area contributed by atoms with Gasteiger partial charge < -0.3 is 10.3 Å². The summed E-state index contributed by atoms with van der Waals surface area (Å²) in [5, 5.41) is 4.37. The number of fused-ring (bicyclic) bond motifs is 1. The molecule has 1 heterocycles. The molecular weight excluding hydrogens is 224 g/mol. The number of rotatable bonds is 5. The predicted molar refractivity (Wildman–Crippen MR) is 74.8 cm³/mol. The van der Waals surface area contributed by atoms with E-state index in [0.29, 0.717) is 12.8 Å². The number of aromatic amines is 1. The molecule has 1 atom stereocenters. The Morgan fingerprint density at radius 2 is 2.11 bits per heavy atom. The van der Waals surface area contributed by atoms with Crippen LogP contribution in [0.4, 0.5) is 0 Å². The summed E-state index contributed by atoms with van der Waals surface area (Å²) in [6.07, 6.45) is 3.27. The van der Waals surface area contributed by atoms with Gasteiger partial charge in [0.1, 0.15) is 0 Å². The second-order valence-corrected chi connectivity index (χ2v) is 4.90. The number of carbonyl (C=O) groups excluding carboxylic acids is 1. The first kappa shape index (κ1) is 12.8. The van der Waals surface area contributed by atoms with Crippen molar-refractivity contribution in [1.82, 2.24) is 10.3 Å². The molecule has 96 valence electrons. The predicted octanol–water partition coefficient (Wildman–Crippen LogP) is 2.67. The van der Waals surface area contributed by atoms with Crippen LogP contribution in [0.3, 0.4) is 0 Å². The number of para-hydroxylation sites is 1. The minimum Gasteiger partial charge on any atom is -0.361 e. The first-order chi connectivity index (χ1) is 8.60. The lowest BCUT2D eigenvalue weighted by Crippen LogP contribution is -2.49. The molecule has 0 aliphatic heterocycles. The molecule has 3 heteroatoms. The molecule has 2 N–H and O–H groups in total. The summed E-state index contributed by atoms with van der Waals surface area (Å²) in [5.74, 6) is 0.246. The molecule has 0 spiro atoms. The fraction of sp³-hybridized carbons (Fsp3) is 0.400. The van der Waals surface area contributed by atoms with Crippen molar-refractivity contribution in [2.45, 2.75) is 32.2 Å². The van der Waals surface area contributed by atoms with Gasteiger partial charge in [-0.15, -0.1) is 0 Å². The smallest absolute Gasteiger partial charge is 0.152 e. The maximum atomic E-state index is 12.1.